The van der Waals surface area contributed by atoms with E-state index in [0.29, 0.717) is 75.3 Å². The normalized spacial score (nSPS) is 12.0. The third-order valence-electron chi connectivity index (χ3n) is 7.73. The minimum absolute atomic E-state index is 0.0827. The first-order valence-electron chi connectivity index (χ1n) is 16.8. The lowest BCUT2D eigenvalue weighted by Gasteiger charge is -2.15. The number of alkyl halides is 2. The molecule has 2 atom stereocenters. The monoisotopic (exact) mass is 1030 g/mol. The first-order chi connectivity index (χ1) is 26.0. The standard InChI is InChI=1S/C39H35Br4ClF2N2O7/c1-4-34(49)47-26-7-20(3)6-23(9-26)18-53-36-28(40)11-21(12-29(36)41)15-32(45)38(51)55-39(52)33(46)16-22-13-30(42)37(31(43)14-22)54-19-24-8-25(44)17-27(10-24)48-35(50)5-2/h6-14,17,32-33H,4-5,15-16,18-19H2,1-3H3,(H,47,49)(H,48,50). The van der Waals surface area contributed by atoms with Crippen molar-refractivity contribution >= 4 is 110 Å². The van der Waals surface area contributed by atoms with Crippen LogP contribution in [0.3, 0.4) is 0 Å². The molecule has 2 amide bonds. The van der Waals surface area contributed by atoms with Gasteiger partial charge in [-0.1, -0.05) is 31.5 Å². The molecule has 2 N–H and O–H groups in total. The van der Waals surface area contributed by atoms with Gasteiger partial charge in [0.15, 0.2) is 0 Å². The highest BCUT2D eigenvalue weighted by Crippen LogP contribution is 2.37. The first kappa shape index (κ1) is 44.3. The van der Waals surface area contributed by atoms with Gasteiger partial charge in [0.25, 0.3) is 0 Å². The second-order valence-corrected chi connectivity index (χ2v) is 16.2. The third-order valence-corrected chi connectivity index (χ3v) is 10.3. The molecule has 0 saturated carbocycles. The van der Waals surface area contributed by atoms with Gasteiger partial charge in [-0.3, -0.25) is 9.59 Å². The van der Waals surface area contributed by atoms with Gasteiger partial charge >= 0.3 is 11.9 Å². The fourth-order valence-corrected chi connectivity index (χ4v) is 8.46. The van der Waals surface area contributed by atoms with Crippen molar-refractivity contribution in [2.45, 2.75) is 72.0 Å². The van der Waals surface area contributed by atoms with Crippen molar-refractivity contribution in [1.29, 1.82) is 0 Å². The van der Waals surface area contributed by atoms with E-state index in [-0.39, 0.29) is 25.0 Å². The number of nitrogens with one attached hydrogen (secondary N) is 2. The number of hydrogen-bond acceptors (Lipinski definition) is 7. The van der Waals surface area contributed by atoms with Crippen LogP contribution in [-0.4, -0.2) is 36.1 Å². The zero-order valence-corrected chi connectivity index (χ0v) is 36.8. The zero-order valence-electron chi connectivity index (χ0n) is 29.7. The molecule has 0 aliphatic heterocycles. The molecule has 2 unspecified atom stereocenters. The summed E-state index contributed by atoms with van der Waals surface area (Å²) in [5.74, 6) is -2.51. The van der Waals surface area contributed by atoms with Crippen LogP contribution >= 0.6 is 75.3 Å². The molecule has 9 nitrogen and oxygen atoms in total. The Bertz CT molecular complexity index is 1900. The van der Waals surface area contributed by atoms with Crippen molar-refractivity contribution in [3.8, 4) is 11.5 Å². The molecule has 55 heavy (non-hydrogen) atoms. The lowest BCUT2D eigenvalue weighted by atomic mass is 10.1. The molecule has 4 aromatic rings. The van der Waals surface area contributed by atoms with Crippen LogP contribution in [0.5, 0.6) is 11.5 Å². The highest BCUT2D eigenvalue weighted by atomic mass is 79.9. The van der Waals surface area contributed by atoms with Crippen LogP contribution in [0.25, 0.3) is 0 Å². The predicted octanol–water partition coefficient (Wildman–Crippen LogP) is 11.1. The quantitative estimate of drug-likeness (QED) is 0.0847. The fraction of sp³-hybridized carbons (Fsp3) is 0.282. The summed E-state index contributed by atoms with van der Waals surface area (Å²) in [4.78, 5) is 48.6. The van der Waals surface area contributed by atoms with Crippen LogP contribution in [0.1, 0.15) is 54.5 Å². The Morgan fingerprint density at radius 2 is 1.02 bits per heavy atom. The van der Waals surface area contributed by atoms with Crippen LogP contribution in [-0.2, 0) is 50.0 Å². The van der Waals surface area contributed by atoms with Gasteiger partial charge in [-0.05, 0) is 153 Å². The van der Waals surface area contributed by atoms with Crippen molar-refractivity contribution in [2.75, 3.05) is 10.6 Å². The predicted molar refractivity (Wildman–Crippen MR) is 221 cm³/mol. The maximum Gasteiger partial charge on any atom is 0.348 e. The van der Waals surface area contributed by atoms with E-state index < -0.39 is 37.1 Å². The Labute approximate surface area is 355 Å². The van der Waals surface area contributed by atoms with E-state index in [1.807, 2.05) is 19.1 Å². The van der Waals surface area contributed by atoms with E-state index in [0.717, 1.165) is 11.1 Å². The number of benzene rings is 4. The van der Waals surface area contributed by atoms with Gasteiger partial charge in [0.1, 0.15) is 24.7 Å². The second kappa shape index (κ2) is 20.7. The zero-order chi connectivity index (χ0) is 40.4. The van der Waals surface area contributed by atoms with Gasteiger partial charge < -0.3 is 24.8 Å². The number of rotatable bonds is 16. The molecular weight excluding hydrogens is 1000 g/mol. The summed E-state index contributed by atoms with van der Waals surface area (Å²) in [6, 6.07) is 16.8. The number of anilines is 2. The summed E-state index contributed by atoms with van der Waals surface area (Å²) < 4.78 is 48.4. The molecule has 0 saturated heterocycles. The van der Waals surface area contributed by atoms with Crippen molar-refractivity contribution in [2.24, 2.45) is 0 Å². The van der Waals surface area contributed by atoms with Gasteiger partial charge in [-0.15, -0.1) is 0 Å². The molecule has 0 bridgehead atoms. The van der Waals surface area contributed by atoms with Gasteiger partial charge in [-0.25, -0.2) is 18.4 Å². The number of hydrogen-bond donors (Lipinski definition) is 2. The van der Waals surface area contributed by atoms with Gasteiger partial charge in [0.2, 0.25) is 24.2 Å². The van der Waals surface area contributed by atoms with Crippen molar-refractivity contribution in [3.05, 3.63) is 111 Å². The molecule has 0 radical (unpaired) electrons. The summed E-state index contributed by atoms with van der Waals surface area (Å²) in [5, 5.41) is 5.99. The lowest BCUT2D eigenvalue weighted by Crippen LogP contribution is -2.29. The Kier molecular flexibility index (Phi) is 16.7. The third kappa shape index (κ3) is 13.4. The molecule has 4 rings (SSSR count). The van der Waals surface area contributed by atoms with Crippen molar-refractivity contribution in [1.82, 2.24) is 0 Å². The number of aryl methyl sites for hydroxylation is 1. The number of ether oxygens (including phenoxy) is 3. The molecule has 0 aliphatic carbocycles. The highest BCUT2D eigenvalue weighted by molar-refractivity contribution is 9.11. The van der Waals surface area contributed by atoms with E-state index in [2.05, 4.69) is 79.1 Å². The summed E-state index contributed by atoms with van der Waals surface area (Å²) in [5.41, 5.74) is 4.33. The molecule has 0 aromatic heterocycles. The molecule has 4 aromatic carbocycles. The SMILES string of the molecule is CCC(=O)Nc1cc(C)cc(COc2c(Br)cc(CC(F)C(=O)OC(=O)C(F)Cc3cc(Br)c(OCc4cc(Cl)cc(NC(=O)CC)c4)c(Br)c3)cc2Br)c1. The number of amides is 2. The van der Waals surface area contributed by atoms with E-state index in [1.165, 1.54) is 0 Å². The first-order valence-corrected chi connectivity index (χ1v) is 20.3. The maximum absolute atomic E-state index is 15.0. The van der Waals surface area contributed by atoms with Crippen LogP contribution in [0.15, 0.2) is 78.6 Å². The second-order valence-electron chi connectivity index (χ2n) is 12.3. The lowest BCUT2D eigenvalue weighted by molar-refractivity contribution is -0.166. The molecule has 0 spiro atoms. The summed E-state index contributed by atoms with van der Waals surface area (Å²) in [6.45, 7) is 5.64. The van der Waals surface area contributed by atoms with Gasteiger partial charge in [0.05, 0.1) is 17.9 Å². The average molecular weight is 1040 g/mol. The van der Waals surface area contributed by atoms with Gasteiger partial charge in [0, 0.05) is 42.1 Å². The number of esters is 2. The average Bonchev–Trinajstić information content (AvgIpc) is 3.10. The van der Waals surface area contributed by atoms with Crippen molar-refractivity contribution < 1.29 is 42.2 Å². The van der Waals surface area contributed by atoms with Crippen LogP contribution in [0.4, 0.5) is 20.2 Å². The largest absolute Gasteiger partial charge is 0.487 e. The molecular formula is C39H35Br4ClF2N2O7. The van der Waals surface area contributed by atoms with Crippen molar-refractivity contribution in [3.63, 3.8) is 0 Å². The minimum Gasteiger partial charge on any atom is -0.487 e. The highest BCUT2D eigenvalue weighted by Gasteiger charge is 2.29. The maximum atomic E-state index is 15.0. The summed E-state index contributed by atoms with van der Waals surface area (Å²) >= 11 is 19.9. The van der Waals surface area contributed by atoms with E-state index in [4.69, 9.17) is 21.1 Å². The fourth-order valence-electron chi connectivity index (χ4n) is 5.18. The number of halogens is 7. The topological polar surface area (TPSA) is 120 Å². The minimum atomic E-state index is -2.27. The summed E-state index contributed by atoms with van der Waals surface area (Å²) in [6.07, 6.45) is -4.79. The molecule has 0 aliphatic rings. The molecule has 0 heterocycles. The van der Waals surface area contributed by atoms with E-state index in [1.54, 1.807) is 62.4 Å². The van der Waals surface area contributed by atoms with Gasteiger partial charge in [-0.2, -0.15) is 0 Å². The molecule has 16 heteroatoms. The van der Waals surface area contributed by atoms with E-state index >= 15 is 8.78 Å². The number of carbonyl (C=O) groups excluding carboxylic acids is 4. The Morgan fingerprint density at radius 3 is 1.44 bits per heavy atom. The number of carbonyl (C=O) groups is 4. The van der Waals surface area contributed by atoms with Crippen LogP contribution < -0.4 is 20.1 Å². The Morgan fingerprint density at radius 1 is 0.618 bits per heavy atom. The van der Waals surface area contributed by atoms with Crippen LogP contribution in [0, 0.1) is 6.92 Å². The Hall–Kier alpha value is -3.37. The van der Waals surface area contributed by atoms with Crippen LogP contribution in [0.2, 0.25) is 5.02 Å². The summed E-state index contributed by atoms with van der Waals surface area (Å²) in [7, 11) is 0. The molecule has 292 valence electrons. The Balaban J connectivity index is 1.31. The van der Waals surface area contributed by atoms with E-state index in [9.17, 15) is 19.2 Å². The smallest absolute Gasteiger partial charge is 0.348 e. The molecule has 0 fully saturated rings.